The van der Waals surface area contributed by atoms with E-state index in [0.29, 0.717) is 22.8 Å². The molecule has 0 aliphatic carbocycles. The van der Waals surface area contributed by atoms with Crippen LogP contribution in [0.15, 0.2) is 93.1 Å². The Morgan fingerprint density at radius 1 is 1.00 bits per heavy atom. The fourth-order valence-corrected chi connectivity index (χ4v) is 5.76. The standard InChI is InChI=1S/C24H17N3O4S3/c28-23-20(14-16-10-12-18(13-11-16)31-15-17-6-2-1-3-7-17)33-24(32)27(23)25-22-19-8-4-5-9-21(19)34(29,30)26-22/h1-14H,15H2,(H,25,26)/b20-14-. The number of rotatable bonds is 5. The number of amidine groups is 1. The fraction of sp³-hybridized carbons (Fsp3) is 0.0417. The Hall–Kier alpha value is -3.47. The Morgan fingerprint density at radius 3 is 2.47 bits per heavy atom. The Morgan fingerprint density at radius 2 is 1.71 bits per heavy atom. The van der Waals surface area contributed by atoms with Crippen LogP contribution in [0.25, 0.3) is 6.08 Å². The van der Waals surface area contributed by atoms with Gasteiger partial charge in [0.25, 0.3) is 15.9 Å². The second-order valence-corrected chi connectivity index (χ2v) is 10.6. The number of fused-ring (bicyclic) bond motifs is 1. The maximum Gasteiger partial charge on any atom is 0.285 e. The van der Waals surface area contributed by atoms with E-state index in [1.807, 2.05) is 54.6 Å². The van der Waals surface area contributed by atoms with Crippen LogP contribution in [0.3, 0.4) is 0 Å². The average molecular weight is 508 g/mol. The van der Waals surface area contributed by atoms with Crippen LogP contribution in [0, 0.1) is 0 Å². The molecule has 3 aromatic rings. The molecule has 2 heterocycles. The predicted octanol–water partition coefficient (Wildman–Crippen LogP) is 4.12. The zero-order chi connectivity index (χ0) is 23.7. The topological polar surface area (TPSA) is 88.1 Å². The zero-order valence-corrected chi connectivity index (χ0v) is 20.0. The molecule has 1 N–H and O–H groups in total. The van der Waals surface area contributed by atoms with E-state index in [-0.39, 0.29) is 21.0 Å². The van der Waals surface area contributed by atoms with Gasteiger partial charge in [-0.25, -0.2) is 0 Å². The molecule has 0 saturated carbocycles. The average Bonchev–Trinajstić information content (AvgIpc) is 3.26. The molecular weight excluding hydrogens is 490 g/mol. The van der Waals surface area contributed by atoms with E-state index < -0.39 is 10.0 Å². The highest BCUT2D eigenvalue weighted by atomic mass is 32.2. The number of thioether (sulfide) groups is 1. The molecule has 0 aromatic heterocycles. The number of nitrogens with one attached hydrogen (secondary N) is 1. The summed E-state index contributed by atoms with van der Waals surface area (Å²) in [5.74, 6) is 0.395. The Kier molecular flexibility index (Phi) is 5.94. The number of benzene rings is 3. The van der Waals surface area contributed by atoms with E-state index in [0.717, 1.165) is 27.9 Å². The number of hydrogen-bond acceptors (Lipinski definition) is 7. The number of hydrazine groups is 1. The number of ether oxygens (including phenoxy) is 1. The highest BCUT2D eigenvalue weighted by Crippen LogP contribution is 2.33. The van der Waals surface area contributed by atoms with E-state index in [2.05, 4.69) is 9.82 Å². The van der Waals surface area contributed by atoms with Crippen molar-refractivity contribution >= 4 is 56.1 Å². The van der Waals surface area contributed by atoms with Crippen molar-refractivity contribution in [3.8, 4) is 5.75 Å². The highest BCUT2D eigenvalue weighted by molar-refractivity contribution is 8.26. The first-order valence-electron chi connectivity index (χ1n) is 10.2. The summed E-state index contributed by atoms with van der Waals surface area (Å²) in [6.45, 7) is 0.466. The van der Waals surface area contributed by atoms with E-state index >= 15 is 0 Å². The Balaban J connectivity index is 1.28. The van der Waals surface area contributed by atoms with Gasteiger partial charge in [0.1, 0.15) is 17.3 Å². The van der Waals surface area contributed by atoms with Crippen molar-refractivity contribution in [1.82, 2.24) is 10.4 Å². The molecule has 5 rings (SSSR count). The molecule has 2 aliphatic rings. The van der Waals surface area contributed by atoms with Gasteiger partial charge in [-0.05, 0) is 53.7 Å². The minimum Gasteiger partial charge on any atom is -0.489 e. The highest BCUT2D eigenvalue weighted by Gasteiger charge is 2.36. The summed E-state index contributed by atoms with van der Waals surface area (Å²) in [5, 5.41) is 1.14. The molecule has 34 heavy (non-hydrogen) atoms. The molecule has 1 fully saturated rings. The van der Waals surface area contributed by atoms with Crippen molar-refractivity contribution in [3.63, 3.8) is 0 Å². The Labute approximate surface area is 206 Å². The van der Waals surface area contributed by atoms with Crippen molar-refractivity contribution in [1.29, 1.82) is 0 Å². The summed E-state index contributed by atoms with van der Waals surface area (Å²) in [6.07, 6.45) is 1.73. The van der Waals surface area contributed by atoms with Gasteiger partial charge in [-0.15, -0.1) is 4.40 Å². The second-order valence-electron chi connectivity index (χ2n) is 7.38. The second kappa shape index (κ2) is 9.05. The number of carbonyl (C=O) groups is 1. The zero-order valence-electron chi connectivity index (χ0n) is 17.5. The van der Waals surface area contributed by atoms with E-state index in [9.17, 15) is 13.2 Å². The number of carbonyl (C=O) groups excluding carboxylic acids is 1. The monoisotopic (exact) mass is 507 g/mol. The van der Waals surface area contributed by atoms with Crippen LogP contribution < -0.4 is 10.2 Å². The van der Waals surface area contributed by atoms with Crippen LogP contribution >= 0.6 is 24.0 Å². The van der Waals surface area contributed by atoms with Crippen molar-refractivity contribution in [3.05, 3.63) is 100 Å². The van der Waals surface area contributed by atoms with Gasteiger partial charge in [0.15, 0.2) is 10.2 Å². The predicted molar refractivity (Wildman–Crippen MR) is 136 cm³/mol. The van der Waals surface area contributed by atoms with Gasteiger partial charge in [-0.2, -0.15) is 13.4 Å². The smallest absolute Gasteiger partial charge is 0.285 e. The summed E-state index contributed by atoms with van der Waals surface area (Å²) < 4.78 is 34.4. The van der Waals surface area contributed by atoms with E-state index in [4.69, 9.17) is 17.0 Å². The first-order valence-corrected chi connectivity index (χ1v) is 12.8. The normalized spacial score (nSPS) is 17.6. The van der Waals surface area contributed by atoms with Gasteiger partial charge in [0.05, 0.1) is 4.91 Å². The lowest BCUT2D eigenvalue weighted by Crippen LogP contribution is -2.44. The molecule has 0 spiro atoms. The molecule has 0 atom stereocenters. The molecule has 1 saturated heterocycles. The first kappa shape index (κ1) is 22.3. The lowest BCUT2D eigenvalue weighted by molar-refractivity contribution is -0.123. The molecule has 0 radical (unpaired) electrons. The SMILES string of the molecule is O=C1/C(=C/c2ccc(OCc3ccccc3)cc2)SC(=S)N1NC1=NS(=O)(=O)c2ccccc21. The fourth-order valence-electron chi connectivity index (χ4n) is 3.41. The quantitative estimate of drug-likeness (QED) is 0.411. The molecule has 1 amide bonds. The summed E-state index contributed by atoms with van der Waals surface area (Å²) in [7, 11) is -3.81. The Bertz CT molecular complexity index is 1450. The van der Waals surface area contributed by atoms with E-state index in [1.54, 1.807) is 24.3 Å². The molecule has 0 unspecified atom stereocenters. The molecule has 7 nitrogen and oxygen atoms in total. The number of hydrogen-bond donors (Lipinski definition) is 1. The molecule has 0 bridgehead atoms. The van der Waals surface area contributed by atoms with Crippen molar-refractivity contribution in [2.45, 2.75) is 11.5 Å². The molecule has 3 aromatic carbocycles. The minimum atomic E-state index is -3.81. The van der Waals surface area contributed by atoms with Crippen LogP contribution in [-0.4, -0.2) is 29.5 Å². The third-order valence-corrected chi connectivity index (χ3v) is 7.71. The lowest BCUT2D eigenvalue weighted by atomic mass is 10.2. The van der Waals surface area contributed by atoms with Gasteiger partial charge in [0.2, 0.25) is 0 Å². The maximum atomic E-state index is 13.0. The summed E-state index contributed by atoms with van der Waals surface area (Å²) in [6, 6.07) is 23.7. The molecule has 170 valence electrons. The molecular formula is C24H17N3O4S3. The van der Waals surface area contributed by atoms with Crippen molar-refractivity contribution < 1.29 is 17.9 Å². The number of nitrogens with zero attached hydrogens (tertiary/aromatic N) is 2. The van der Waals surface area contributed by atoms with Crippen LogP contribution in [-0.2, 0) is 21.4 Å². The lowest BCUT2D eigenvalue weighted by Gasteiger charge is -2.16. The van der Waals surface area contributed by atoms with Crippen LogP contribution in [0.1, 0.15) is 16.7 Å². The van der Waals surface area contributed by atoms with Gasteiger partial charge in [0, 0.05) is 5.56 Å². The molecule has 10 heteroatoms. The summed E-state index contributed by atoms with van der Waals surface area (Å²) in [5.41, 5.74) is 5.05. The van der Waals surface area contributed by atoms with Crippen LogP contribution in [0.4, 0.5) is 0 Å². The van der Waals surface area contributed by atoms with Gasteiger partial charge in [-0.3, -0.25) is 10.2 Å². The van der Waals surface area contributed by atoms with Crippen molar-refractivity contribution in [2.24, 2.45) is 4.40 Å². The van der Waals surface area contributed by atoms with Crippen LogP contribution in [0.2, 0.25) is 0 Å². The number of amides is 1. The maximum absolute atomic E-state index is 13.0. The third kappa shape index (κ3) is 4.47. The number of thiocarbonyl (C=S) groups is 1. The van der Waals surface area contributed by atoms with Gasteiger partial charge in [-0.1, -0.05) is 66.4 Å². The van der Waals surface area contributed by atoms with Gasteiger partial charge >= 0.3 is 0 Å². The largest absolute Gasteiger partial charge is 0.489 e. The molecule has 2 aliphatic heterocycles. The van der Waals surface area contributed by atoms with E-state index in [1.165, 1.54) is 6.07 Å². The van der Waals surface area contributed by atoms with Gasteiger partial charge < -0.3 is 4.74 Å². The van der Waals surface area contributed by atoms with Crippen LogP contribution in [0.5, 0.6) is 5.75 Å². The minimum absolute atomic E-state index is 0.0630. The first-order chi connectivity index (χ1) is 16.4. The summed E-state index contributed by atoms with van der Waals surface area (Å²) >= 11 is 6.47. The van der Waals surface area contributed by atoms with Crippen molar-refractivity contribution in [2.75, 3.05) is 0 Å². The third-order valence-electron chi connectivity index (χ3n) is 5.07. The number of sulfonamides is 1. The summed E-state index contributed by atoms with van der Waals surface area (Å²) in [4.78, 5) is 13.5.